The summed E-state index contributed by atoms with van der Waals surface area (Å²) in [5.41, 5.74) is 1.19. The molecule has 1 heterocycles. The fraction of sp³-hybridized carbons (Fsp3) is 0.647. The number of anilines is 1. The van der Waals surface area contributed by atoms with Crippen LogP contribution in [-0.2, 0) is 0 Å². The summed E-state index contributed by atoms with van der Waals surface area (Å²) in [4.78, 5) is 6.99. The zero-order valence-corrected chi connectivity index (χ0v) is 14.5. The van der Waals surface area contributed by atoms with Crippen molar-refractivity contribution < 1.29 is 5.11 Å². The second kappa shape index (κ2) is 8.73. The molecule has 1 saturated heterocycles. The van der Waals surface area contributed by atoms with Crippen LogP contribution in [0.1, 0.15) is 13.8 Å². The number of aliphatic hydroxyl groups is 1. The Kier molecular flexibility index (Phi) is 6.96. The maximum Gasteiger partial charge on any atom is 0.0793 e. The smallest absolute Gasteiger partial charge is 0.0793 e. The molecule has 22 heavy (non-hydrogen) atoms. The van der Waals surface area contributed by atoms with Gasteiger partial charge in [0.1, 0.15) is 0 Å². The number of piperazine rings is 1. The third-order valence-electron chi connectivity index (χ3n) is 4.38. The minimum Gasteiger partial charge on any atom is -0.390 e. The molecule has 0 amide bonds. The molecule has 4 nitrogen and oxygen atoms in total. The van der Waals surface area contributed by atoms with E-state index >= 15 is 0 Å². The zero-order valence-electron chi connectivity index (χ0n) is 13.7. The first-order valence-corrected chi connectivity index (χ1v) is 8.63. The van der Waals surface area contributed by atoms with Gasteiger partial charge in [-0.25, -0.2) is 0 Å². The number of benzene rings is 1. The highest BCUT2D eigenvalue weighted by atomic mass is 35.5. The van der Waals surface area contributed by atoms with E-state index in [2.05, 4.69) is 34.6 Å². The first kappa shape index (κ1) is 17.5. The highest BCUT2D eigenvalue weighted by Gasteiger charge is 2.20. The fourth-order valence-corrected chi connectivity index (χ4v) is 3.18. The maximum atomic E-state index is 10.2. The second-order valence-corrected chi connectivity index (χ2v) is 6.34. The van der Waals surface area contributed by atoms with E-state index in [-0.39, 0.29) is 6.10 Å². The van der Waals surface area contributed by atoms with Crippen molar-refractivity contribution in [1.82, 2.24) is 9.80 Å². The first-order chi connectivity index (χ1) is 10.6. The highest BCUT2D eigenvalue weighted by Crippen LogP contribution is 2.20. The quantitative estimate of drug-likeness (QED) is 0.832. The summed E-state index contributed by atoms with van der Waals surface area (Å²) in [6.07, 6.45) is -0.266. The lowest BCUT2D eigenvalue weighted by Gasteiger charge is -2.37. The van der Waals surface area contributed by atoms with Crippen LogP contribution in [0.5, 0.6) is 0 Å². The molecule has 0 aliphatic carbocycles. The predicted molar refractivity (Wildman–Crippen MR) is 93.9 cm³/mol. The van der Waals surface area contributed by atoms with Crippen molar-refractivity contribution in [2.75, 3.05) is 57.3 Å². The van der Waals surface area contributed by atoms with Crippen LogP contribution in [0.3, 0.4) is 0 Å². The summed E-state index contributed by atoms with van der Waals surface area (Å²) in [5, 5.41) is 11.0. The van der Waals surface area contributed by atoms with Crippen LogP contribution in [0, 0.1) is 0 Å². The molecule has 1 aromatic carbocycles. The molecule has 1 N–H and O–H groups in total. The Morgan fingerprint density at radius 1 is 1.18 bits per heavy atom. The molecule has 5 heteroatoms. The summed E-state index contributed by atoms with van der Waals surface area (Å²) in [6, 6.07) is 8.03. The molecule has 0 saturated carbocycles. The standard InChI is InChI=1S/C17H28ClN3O/c1-3-19(4-2)13-17(22)14-20-8-10-21(11-9-20)16-7-5-6-15(18)12-16/h5-7,12,17,22H,3-4,8-11,13-14H2,1-2H3/t17-/m0/s1. The molecular formula is C17H28ClN3O. The summed E-state index contributed by atoms with van der Waals surface area (Å²) < 4.78 is 0. The molecule has 0 unspecified atom stereocenters. The van der Waals surface area contributed by atoms with Gasteiger partial charge in [-0.2, -0.15) is 0 Å². The van der Waals surface area contributed by atoms with Gasteiger partial charge in [0.25, 0.3) is 0 Å². The average molecular weight is 326 g/mol. The number of rotatable bonds is 7. The topological polar surface area (TPSA) is 30.0 Å². The molecular weight excluding hydrogens is 298 g/mol. The van der Waals surface area contributed by atoms with Gasteiger partial charge in [0, 0.05) is 50.0 Å². The van der Waals surface area contributed by atoms with Crippen LogP contribution in [0.25, 0.3) is 0 Å². The summed E-state index contributed by atoms with van der Waals surface area (Å²) in [7, 11) is 0. The van der Waals surface area contributed by atoms with E-state index in [1.54, 1.807) is 0 Å². The van der Waals surface area contributed by atoms with Gasteiger partial charge in [-0.05, 0) is 31.3 Å². The van der Waals surface area contributed by atoms with Gasteiger partial charge in [0.05, 0.1) is 6.10 Å². The molecule has 2 rings (SSSR count). The lowest BCUT2D eigenvalue weighted by atomic mass is 10.2. The largest absolute Gasteiger partial charge is 0.390 e. The van der Waals surface area contributed by atoms with Crippen LogP contribution in [0.4, 0.5) is 5.69 Å². The molecule has 124 valence electrons. The Morgan fingerprint density at radius 2 is 1.86 bits per heavy atom. The lowest BCUT2D eigenvalue weighted by molar-refractivity contribution is 0.0749. The molecule has 0 bridgehead atoms. The number of aliphatic hydroxyl groups excluding tert-OH is 1. The van der Waals surface area contributed by atoms with E-state index in [4.69, 9.17) is 11.6 Å². The summed E-state index contributed by atoms with van der Waals surface area (Å²) in [5.74, 6) is 0. The van der Waals surface area contributed by atoms with E-state index in [9.17, 15) is 5.11 Å². The number of nitrogens with zero attached hydrogens (tertiary/aromatic N) is 3. The molecule has 1 fully saturated rings. The van der Waals surface area contributed by atoms with E-state index in [1.807, 2.05) is 18.2 Å². The van der Waals surface area contributed by atoms with Crippen molar-refractivity contribution in [3.8, 4) is 0 Å². The minimum atomic E-state index is -0.266. The third kappa shape index (κ3) is 5.13. The molecule has 1 atom stereocenters. The number of likely N-dealkylation sites (N-methyl/N-ethyl adjacent to an activating group) is 1. The van der Waals surface area contributed by atoms with Crippen LogP contribution in [0.15, 0.2) is 24.3 Å². The van der Waals surface area contributed by atoms with Crippen molar-refractivity contribution in [2.45, 2.75) is 20.0 Å². The number of hydrogen-bond donors (Lipinski definition) is 1. The SMILES string of the molecule is CCN(CC)C[C@H](O)CN1CCN(c2cccc(Cl)c2)CC1. The highest BCUT2D eigenvalue weighted by molar-refractivity contribution is 6.30. The minimum absolute atomic E-state index is 0.266. The van der Waals surface area contributed by atoms with Crippen molar-refractivity contribution in [3.05, 3.63) is 29.3 Å². The first-order valence-electron chi connectivity index (χ1n) is 8.25. The van der Waals surface area contributed by atoms with Crippen LogP contribution < -0.4 is 4.90 Å². The fourth-order valence-electron chi connectivity index (χ4n) is 3.00. The monoisotopic (exact) mass is 325 g/mol. The van der Waals surface area contributed by atoms with Gasteiger partial charge >= 0.3 is 0 Å². The molecule has 0 aromatic heterocycles. The summed E-state index contributed by atoms with van der Waals surface area (Å²) >= 11 is 6.06. The summed E-state index contributed by atoms with van der Waals surface area (Å²) in [6.45, 7) is 11.7. The average Bonchev–Trinajstić information content (AvgIpc) is 2.53. The second-order valence-electron chi connectivity index (χ2n) is 5.91. The Labute approximate surface area is 139 Å². The van der Waals surface area contributed by atoms with Crippen molar-refractivity contribution in [3.63, 3.8) is 0 Å². The number of β-amino-alcohol motifs (C(OH)–C–C–N with tert-alkyl or cyclic N) is 1. The molecule has 0 radical (unpaired) electrons. The zero-order chi connectivity index (χ0) is 15.9. The van der Waals surface area contributed by atoms with Gasteiger partial charge in [0.2, 0.25) is 0 Å². The van der Waals surface area contributed by atoms with E-state index in [1.165, 1.54) is 5.69 Å². The number of hydrogen-bond acceptors (Lipinski definition) is 4. The molecule has 0 spiro atoms. The maximum absolute atomic E-state index is 10.2. The van der Waals surface area contributed by atoms with Crippen LogP contribution in [0.2, 0.25) is 5.02 Å². The molecule has 1 aliphatic heterocycles. The van der Waals surface area contributed by atoms with Crippen LogP contribution in [-0.4, -0.2) is 73.4 Å². The lowest BCUT2D eigenvalue weighted by Crippen LogP contribution is -2.50. The third-order valence-corrected chi connectivity index (χ3v) is 4.61. The van der Waals surface area contributed by atoms with Crippen molar-refractivity contribution >= 4 is 17.3 Å². The van der Waals surface area contributed by atoms with Gasteiger partial charge in [-0.1, -0.05) is 31.5 Å². The Bertz CT molecular complexity index is 445. The molecule has 1 aromatic rings. The van der Waals surface area contributed by atoms with Gasteiger partial charge in [-0.3, -0.25) is 4.90 Å². The van der Waals surface area contributed by atoms with E-state index < -0.39 is 0 Å². The Balaban J connectivity index is 1.77. The van der Waals surface area contributed by atoms with E-state index in [0.717, 1.165) is 57.4 Å². The predicted octanol–water partition coefficient (Wildman–Crippen LogP) is 2.16. The Hall–Kier alpha value is -0.810. The Morgan fingerprint density at radius 3 is 2.45 bits per heavy atom. The van der Waals surface area contributed by atoms with Gasteiger partial charge in [-0.15, -0.1) is 0 Å². The normalized spacial score (nSPS) is 18.0. The molecule has 1 aliphatic rings. The van der Waals surface area contributed by atoms with Crippen molar-refractivity contribution in [2.24, 2.45) is 0 Å². The van der Waals surface area contributed by atoms with E-state index in [0.29, 0.717) is 0 Å². The number of halogens is 1. The van der Waals surface area contributed by atoms with Crippen LogP contribution >= 0.6 is 11.6 Å². The van der Waals surface area contributed by atoms with Crippen molar-refractivity contribution in [1.29, 1.82) is 0 Å². The van der Waals surface area contributed by atoms with Gasteiger partial charge < -0.3 is 14.9 Å². The van der Waals surface area contributed by atoms with Gasteiger partial charge in [0.15, 0.2) is 0 Å².